The zero-order valence-corrected chi connectivity index (χ0v) is 16.4. The highest BCUT2D eigenvalue weighted by Gasteiger charge is 2.28. The number of benzene rings is 4. The van der Waals surface area contributed by atoms with Gasteiger partial charge in [0.25, 0.3) is 0 Å². The number of fused-ring (bicyclic) bond motifs is 2. The molecule has 0 saturated carbocycles. The first-order valence-corrected chi connectivity index (χ1v) is 10.0. The minimum atomic E-state index is 0.00683. The molecule has 140 valence electrons. The lowest BCUT2D eigenvalue weighted by Gasteiger charge is -2.32. The van der Waals surface area contributed by atoms with Gasteiger partial charge in [-0.1, -0.05) is 84.6 Å². The number of para-hydroxylation sites is 2. The summed E-state index contributed by atoms with van der Waals surface area (Å²) in [5.74, 6) is 10.2. The molecule has 1 aliphatic heterocycles. The SMILES string of the molecule is C(#CC1c2ccccc2N(C#Cc2ccccc2)c2ccccc21)c1ccccc1. The Labute approximate surface area is 177 Å². The van der Waals surface area contributed by atoms with E-state index in [-0.39, 0.29) is 5.92 Å². The Morgan fingerprint density at radius 3 is 1.53 bits per heavy atom. The number of rotatable bonds is 0. The number of nitrogens with zero attached hydrogens (tertiary/aromatic N) is 1. The molecule has 1 nitrogen and oxygen atoms in total. The van der Waals surface area contributed by atoms with Gasteiger partial charge in [-0.3, -0.25) is 4.90 Å². The molecule has 0 unspecified atom stereocenters. The van der Waals surface area contributed by atoms with Gasteiger partial charge >= 0.3 is 0 Å². The van der Waals surface area contributed by atoms with Crippen LogP contribution in [0, 0.1) is 23.8 Å². The molecule has 0 spiro atoms. The van der Waals surface area contributed by atoms with Crippen LogP contribution in [0.5, 0.6) is 0 Å². The number of hydrogen-bond acceptors (Lipinski definition) is 1. The van der Waals surface area contributed by atoms with Crippen molar-refractivity contribution in [2.24, 2.45) is 0 Å². The Balaban J connectivity index is 1.64. The predicted octanol–water partition coefficient (Wildman–Crippen LogP) is 6.33. The molecule has 4 aromatic carbocycles. The average molecular weight is 381 g/mol. The molecule has 0 radical (unpaired) electrons. The average Bonchev–Trinajstić information content (AvgIpc) is 2.82. The highest BCUT2D eigenvalue weighted by molar-refractivity contribution is 5.81. The fourth-order valence-electron chi connectivity index (χ4n) is 3.76. The quantitative estimate of drug-likeness (QED) is 0.322. The van der Waals surface area contributed by atoms with E-state index in [0.29, 0.717) is 0 Å². The summed E-state index contributed by atoms with van der Waals surface area (Å²) in [6.07, 6.45) is 0. The fraction of sp³-hybridized carbons (Fsp3) is 0.0345. The van der Waals surface area contributed by atoms with Crippen molar-refractivity contribution in [3.8, 4) is 23.8 Å². The standard InChI is InChI=1S/C29H19N/c1-3-11-23(12-4-1)19-20-25-26-15-7-9-17-28(26)30(29-18-10-8-16-27(25)29)22-21-24-13-5-2-6-14-24/h1-18,25H. The summed E-state index contributed by atoms with van der Waals surface area (Å²) in [4.78, 5) is 2.10. The molecule has 0 saturated heterocycles. The molecule has 4 aromatic rings. The van der Waals surface area contributed by atoms with Gasteiger partial charge in [0.2, 0.25) is 0 Å². The van der Waals surface area contributed by atoms with Crippen LogP contribution in [-0.2, 0) is 0 Å². The van der Waals surface area contributed by atoms with Crippen LogP contribution in [0.1, 0.15) is 28.2 Å². The Morgan fingerprint density at radius 1 is 0.500 bits per heavy atom. The molecule has 30 heavy (non-hydrogen) atoms. The van der Waals surface area contributed by atoms with Crippen molar-refractivity contribution in [1.82, 2.24) is 0 Å². The Bertz CT molecular complexity index is 1150. The van der Waals surface area contributed by atoms with Gasteiger partial charge < -0.3 is 0 Å². The number of anilines is 2. The first-order chi connectivity index (χ1) is 14.9. The van der Waals surface area contributed by atoms with Crippen LogP contribution >= 0.6 is 0 Å². The Morgan fingerprint density at radius 2 is 0.967 bits per heavy atom. The lowest BCUT2D eigenvalue weighted by atomic mass is 9.85. The van der Waals surface area contributed by atoms with Gasteiger partial charge in [0.15, 0.2) is 0 Å². The van der Waals surface area contributed by atoms with E-state index in [2.05, 4.69) is 77.2 Å². The van der Waals surface area contributed by atoms with Crippen molar-refractivity contribution >= 4 is 11.4 Å². The second kappa shape index (κ2) is 8.04. The van der Waals surface area contributed by atoms with Crippen LogP contribution in [0.3, 0.4) is 0 Å². The van der Waals surface area contributed by atoms with Crippen molar-refractivity contribution in [2.45, 2.75) is 5.92 Å². The molecule has 0 bridgehead atoms. The molecule has 1 heterocycles. The van der Waals surface area contributed by atoms with Crippen LogP contribution in [-0.4, -0.2) is 0 Å². The Hall–Kier alpha value is -4.20. The lowest BCUT2D eigenvalue weighted by Crippen LogP contribution is -2.21. The predicted molar refractivity (Wildman–Crippen MR) is 124 cm³/mol. The third-order valence-corrected chi connectivity index (χ3v) is 5.20. The van der Waals surface area contributed by atoms with Gasteiger partial charge in [-0.25, -0.2) is 0 Å². The molecule has 5 rings (SSSR count). The van der Waals surface area contributed by atoms with Gasteiger partial charge in [0.1, 0.15) is 0 Å². The molecule has 1 aliphatic rings. The van der Waals surface area contributed by atoms with Crippen molar-refractivity contribution in [2.75, 3.05) is 4.90 Å². The summed E-state index contributed by atoms with van der Waals surface area (Å²) in [5, 5.41) is 0. The van der Waals surface area contributed by atoms with Crippen LogP contribution < -0.4 is 4.90 Å². The molecule has 0 aromatic heterocycles. The smallest absolute Gasteiger partial charge is 0.0747 e. The largest absolute Gasteiger partial charge is 0.269 e. The van der Waals surface area contributed by atoms with E-state index in [1.54, 1.807) is 0 Å². The van der Waals surface area contributed by atoms with E-state index in [0.717, 1.165) is 22.5 Å². The van der Waals surface area contributed by atoms with E-state index in [1.165, 1.54) is 11.1 Å². The second-order valence-corrected chi connectivity index (χ2v) is 7.12. The van der Waals surface area contributed by atoms with Crippen molar-refractivity contribution in [3.05, 3.63) is 131 Å². The topological polar surface area (TPSA) is 3.24 Å². The van der Waals surface area contributed by atoms with Crippen molar-refractivity contribution in [3.63, 3.8) is 0 Å². The summed E-state index contributed by atoms with van der Waals surface area (Å²) < 4.78 is 0. The summed E-state index contributed by atoms with van der Waals surface area (Å²) in [7, 11) is 0. The van der Waals surface area contributed by atoms with Gasteiger partial charge in [0.05, 0.1) is 17.3 Å². The first kappa shape index (κ1) is 17.9. The van der Waals surface area contributed by atoms with Gasteiger partial charge in [-0.15, -0.1) is 0 Å². The summed E-state index contributed by atoms with van der Waals surface area (Å²) in [5.41, 5.74) is 6.57. The van der Waals surface area contributed by atoms with Crippen LogP contribution in [0.2, 0.25) is 0 Å². The fourth-order valence-corrected chi connectivity index (χ4v) is 3.76. The molecule has 0 aliphatic carbocycles. The maximum Gasteiger partial charge on any atom is 0.0747 e. The van der Waals surface area contributed by atoms with Crippen LogP contribution in [0.4, 0.5) is 11.4 Å². The maximum atomic E-state index is 3.52. The van der Waals surface area contributed by atoms with E-state index in [1.807, 2.05) is 60.7 Å². The summed E-state index contributed by atoms with van der Waals surface area (Å²) >= 11 is 0. The lowest BCUT2D eigenvalue weighted by molar-refractivity contribution is 1.01. The number of hydrogen-bond donors (Lipinski definition) is 0. The minimum Gasteiger partial charge on any atom is -0.269 e. The van der Waals surface area contributed by atoms with E-state index in [4.69, 9.17) is 0 Å². The molecule has 0 fully saturated rings. The second-order valence-electron chi connectivity index (χ2n) is 7.12. The highest BCUT2D eigenvalue weighted by Crippen LogP contribution is 2.44. The maximum absolute atomic E-state index is 3.52. The molecule has 1 heteroatoms. The minimum absolute atomic E-state index is 0.00683. The van der Waals surface area contributed by atoms with Crippen molar-refractivity contribution in [1.29, 1.82) is 0 Å². The molecule has 0 atom stereocenters. The van der Waals surface area contributed by atoms with E-state index < -0.39 is 0 Å². The highest BCUT2D eigenvalue weighted by atomic mass is 15.1. The molecular weight excluding hydrogens is 362 g/mol. The first-order valence-electron chi connectivity index (χ1n) is 10.0. The zero-order valence-electron chi connectivity index (χ0n) is 16.4. The normalized spacial score (nSPS) is 11.9. The third kappa shape index (κ3) is 3.46. The Kier molecular flexibility index (Phi) is 4.79. The van der Waals surface area contributed by atoms with E-state index in [9.17, 15) is 0 Å². The monoisotopic (exact) mass is 381 g/mol. The molecule has 0 amide bonds. The molecular formula is C29H19N. The van der Waals surface area contributed by atoms with Crippen LogP contribution in [0.15, 0.2) is 109 Å². The van der Waals surface area contributed by atoms with Crippen LogP contribution in [0.25, 0.3) is 0 Å². The molecule has 0 N–H and O–H groups in total. The van der Waals surface area contributed by atoms with E-state index >= 15 is 0 Å². The summed E-state index contributed by atoms with van der Waals surface area (Å²) in [6, 6.07) is 40.5. The zero-order chi connectivity index (χ0) is 20.2. The summed E-state index contributed by atoms with van der Waals surface area (Å²) in [6.45, 7) is 0. The van der Waals surface area contributed by atoms with Crippen molar-refractivity contribution < 1.29 is 0 Å². The van der Waals surface area contributed by atoms with Gasteiger partial charge in [-0.05, 0) is 53.4 Å². The van der Waals surface area contributed by atoms with Gasteiger partial charge in [0, 0.05) is 17.2 Å². The third-order valence-electron chi connectivity index (χ3n) is 5.20. The van der Waals surface area contributed by atoms with Gasteiger partial charge in [-0.2, -0.15) is 0 Å².